The van der Waals surface area contributed by atoms with E-state index >= 15 is 0 Å². The lowest BCUT2D eigenvalue weighted by molar-refractivity contribution is -0.122. The number of nitrogens with zero attached hydrogens (tertiary/aromatic N) is 3. The second-order valence-corrected chi connectivity index (χ2v) is 7.30. The summed E-state index contributed by atoms with van der Waals surface area (Å²) in [4.78, 5) is 16.7. The molecular formula is C21H24N4O2. The normalized spacial score (nSPS) is 14.2. The van der Waals surface area contributed by atoms with Crippen LogP contribution in [0.4, 0.5) is 5.69 Å². The summed E-state index contributed by atoms with van der Waals surface area (Å²) in [7, 11) is 0. The van der Waals surface area contributed by atoms with Crippen LogP contribution in [0.1, 0.15) is 42.1 Å². The van der Waals surface area contributed by atoms with Gasteiger partial charge in [0.05, 0.1) is 12.2 Å². The van der Waals surface area contributed by atoms with Crippen molar-refractivity contribution < 1.29 is 9.21 Å². The van der Waals surface area contributed by atoms with E-state index in [2.05, 4.69) is 15.4 Å². The molecule has 2 heterocycles. The molecule has 0 saturated heterocycles. The minimum atomic E-state index is 0.119. The van der Waals surface area contributed by atoms with Crippen molar-refractivity contribution in [3.63, 3.8) is 0 Å². The Balaban J connectivity index is 1.48. The number of anilines is 1. The first-order valence-electron chi connectivity index (χ1n) is 9.38. The molecule has 6 nitrogen and oxygen atoms in total. The molecule has 1 aliphatic rings. The smallest absolute Gasteiger partial charge is 0.227 e. The highest BCUT2D eigenvalue weighted by Gasteiger charge is 2.25. The molecule has 1 N–H and O–H groups in total. The van der Waals surface area contributed by atoms with E-state index in [0.717, 1.165) is 53.4 Å². The molecule has 140 valence electrons. The molecule has 1 saturated carbocycles. The Bertz CT molecular complexity index is 965. The maximum absolute atomic E-state index is 12.1. The van der Waals surface area contributed by atoms with Gasteiger partial charge in [0.2, 0.25) is 11.8 Å². The van der Waals surface area contributed by atoms with Gasteiger partial charge in [-0.2, -0.15) is 5.10 Å². The first-order chi connectivity index (χ1) is 13.0. The van der Waals surface area contributed by atoms with Gasteiger partial charge in [0.25, 0.3) is 0 Å². The number of aryl methyl sites for hydroxylation is 3. The summed E-state index contributed by atoms with van der Waals surface area (Å²) in [5.41, 5.74) is 4.66. The van der Waals surface area contributed by atoms with Crippen LogP contribution in [0.3, 0.4) is 0 Å². The average Bonchev–Trinajstić information content (AvgIpc) is 3.09. The Hall–Kier alpha value is -2.89. The number of hydrogen-bond donors (Lipinski definition) is 1. The Morgan fingerprint density at radius 1 is 1.22 bits per heavy atom. The molecule has 6 heteroatoms. The number of aromatic nitrogens is 3. The lowest BCUT2D eigenvalue weighted by Gasteiger charge is -2.24. The van der Waals surface area contributed by atoms with Crippen molar-refractivity contribution in [3.8, 4) is 11.5 Å². The molecule has 0 aliphatic heterocycles. The summed E-state index contributed by atoms with van der Waals surface area (Å²) in [6.45, 7) is 6.53. The van der Waals surface area contributed by atoms with E-state index in [0.29, 0.717) is 12.4 Å². The molecule has 0 radical (unpaired) electrons. The van der Waals surface area contributed by atoms with Crippen molar-refractivity contribution in [2.45, 2.75) is 46.6 Å². The number of carbonyl (C=O) groups excluding carboxylic acids is 1. The number of oxazole rings is 1. The highest BCUT2D eigenvalue weighted by Crippen LogP contribution is 2.28. The predicted molar refractivity (Wildman–Crippen MR) is 103 cm³/mol. The van der Waals surface area contributed by atoms with Crippen LogP contribution in [0.15, 0.2) is 34.7 Å². The molecule has 0 bridgehead atoms. The Kier molecular flexibility index (Phi) is 4.56. The minimum Gasteiger partial charge on any atom is -0.441 e. The van der Waals surface area contributed by atoms with Crippen molar-refractivity contribution in [1.29, 1.82) is 0 Å². The third kappa shape index (κ3) is 3.65. The summed E-state index contributed by atoms with van der Waals surface area (Å²) in [6, 6.07) is 9.69. The average molecular weight is 364 g/mol. The fourth-order valence-electron chi connectivity index (χ4n) is 3.29. The van der Waals surface area contributed by atoms with Gasteiger partial charge in [-0.15, -0.1) is 0 Å². The molecule has 3 aromatic rings. The second-order valence-electron chi connectivity index (χ2n) is 7.30. The number of amides is 1. The number of hydrogen-bond acceptors (Lipinski definition) is 4. The molecule has 2 aromatic heterocycles. The lowest BCUT2D eigenvalue weighted by atomic mass is 9.85. The van der Waals surface area contributed by atoms with Gasteiger partial charge in [0.1, 0.15) is 11.5 Å². The first-order valence-corrected chi connectivity index (χ1v) is 9.38. The molecule has 1 aromatic carbocycles. The van der Waals surface area contributed by atoms with E-state index in [1.807, 2.05) is 55.8 Å². The van der Waals surface area contributed by atoms with Gasteiger partial charge in [-0.1, -0.05) is 6.42 Å². The molecule has 0 unspecified atom stereocenters. The van der Waals surface area contributed by atoms with Crippen LogP contribution in [0.2, 0.25) is 0 Å². The van der Waals surface area contributed by atoms with Gasteiger partial charge < -0.3 is 9.73 Å². The summed E-state index contributed by atoms with van der Waals surface area (Å²) in [6.07, 6.45) is 3.15. The van der Waals surface area contributed by atoms with E-state index in [1.54, 1.807) is 0 Å². The molecule has 27 heavy (non-hydrogen) atoms. The van der Waals surface area contributed by atoms with Crippen LogP contribution < -0.4 is 5.32 Å². The standard InChI is InChI=1S/C21H24N4O2/c1-13-11-14(2)25(24-13)12-19-15(3)27-21(23-19)17-7-9-18(10-8-17)22-20(26)16-5-4-6-16/h7-11,16H,4-6,12H2,1-3H3,(H,22,26). The number of rotatable bonds is 5. The van der Waals surface area contributed by atoms with Gasteiger partial charge in [-0.25, -0.2) is 4.98 Å². The Labute approximate surface area is 158 Å². The van der Waals surface area contributed by atoms with Gasteiger partial charge in [0, 0.05) is 22.9 Å². The molecule has 1 fully saturated rings. The van der Waals surface area contributed by atoms with Gasteiger partial charge in [0.15, 0.2) is 0 Å². The Morgan fingerprint density at radius 3 is 2.56 bits per heavy atom. The van der Waals surface area contributed by atoms with Crippen LogP contribution in [-0.2, 0) is 11.3 Å². The largest absolute Gasteiger partial charge is 0.441 e. The van der Waals surface area contributed by atoms with Gasteiger partial charge in [-0.3, -0.25) is 9.48 Å². The number of carbonyl (C=O) groups is 1. The maximum Gasteiger partial charge on any atom is 0.227 e. The molecule has 4 rings (SSSR count). The molecule has 1 amide bonds. The van der Waals surface area contributed by atoms with E-state index in [4.69, 9.17) is 4.42 Å². The zero-order valence-electron chi connectivity index (χ0n) is 16.0. The molecular weight excluding hydrogens is 340 g/mol. The zero-order chi connectivity index (χ0) is 19.0. The van der Waals surface area contributed by atoms with Crippen molar-refractivity contribution in [2.75, 3.05) is 5.32 Å². The third-order valence-corrected chi connectivity index (χ3v) is 5.17. The van der Waals surface area contributed by atoms with Crippen molar-refractivity contribution in [1.82, 2.24) is 14.8 Å². The van der Waals surface area contributed by atoms with Crippen LogP contribution in [0.25, 0.3) is 11.5 Å². The summed E-state index contributed by atoms with van der Waals surface area (Å²) in [5, 5.41) is 7.47. The van der Waals surface area contributed by atoms with Gasteiger partial charge in [-0.05, 0) is 63.9 Å². The van der Waals surface area contributed by atoms with Crippen molar-refractivity contribution >= 4 is 11.6 Å². The monoisotopic (exact) mass is 364 g/mol. The molecule has 0 spiro atoms. The predicted octanol–water partition coefficient (Wildman–Crippen LogP) is 4.25. The Morgan fingerprint density at radius 2 is 1.96 bits per heavy atom. The first kappa shape index (κ1) is 17.5. The van der Waals surface area contributed by atoms with Crippen molar-refractivity contribution in [2.24, 2.45) is 5.92 Å². The fourth-order valence-corrected chi connectivity index (χ4v) is 3.29. The quantitative estimate of drug-likeness (QED) is 0.734. The van der Waals surface area contributed by atoms with Crippen LogP contribution in [-0.4, -0.2) is 20.7 Å². The number of nitrogens with one attached hydrogen (secondary N) is 1. The van der Waals surface area contributed by atoms with Crippen LogP contribution in [0, 0.1) is 26.7 Å². The highest BCUT2D eigenvalue weighted by atomic mass is 16.4. The van der Waals surface area contributed by atoms with Crippen LogP contribution >= 0.6 is 0 Å². The lowest BCUT2D eigenvalue weighted by Crippen LogP contribution is -2.27. The summed E-state index contributed by atoms with van der Waals surface area (Å²) in [5.74, 6) is 1.67. The summed E-state index contributed by atoms with van der Waals surface area (Å²) < 4.78 is 7.80. The van der Waals surface area contributed by atoms with E-state index < -0.39 is 0 Å². The van der Waals surface area contributed by atoms with Crippen molar-refractivity contribution in [3.05, 3.63) is 53.2 Å². The van der Waals surface area contributed by atoms with Crippen LogP contribution in [0.5, 0.6) is 0 Å². The summed E-state index contributed by atoms with van der Waals surface area (Å²) >= 11 is 0. The molecule has 1 aliphatic carbocycles. The highest BCUT2D eigenvalue weighted by molar-refractivity contribution is 5.93. The SMILES string of the molecule is Cc1cc(C)n(Cc2nc(-c3ccc(NC(=O)C4CCC4)cc3)oc2C)n1. The minimum absolute atomic E-state index is 0.119. The van der Waals surface area contributed by atoms with Gasteiger partial charge >= 0.3 is 0 Å². The number of benzene rings is 1. The van der Waals surface area contributed by atoms with E-state index in [9.17, 15) is 4.79 Å². The fraction of sp³-hybridized carbons (Fsp3) is 0.381. The second kappa shape index (κ2) is 7.02. The maximum atomic E-state index is 12.1. The van der Waals surface area contributed by atoms with E-state index in [-0.39, 0.29) is 11.8 Å². The topological polar surface area (TPSA) is 73.0 Å². The van der Waals surface area contributed by atoms with E-state index in [1.165, 1.54) is 0 Å². The molecule has 0 atom stereocenters. The zero-order valence-corrected chi connectivity index (χ0v) is 16.0. The third-order valence-electron chi connectivity index (χ3n) is 5.17.